The first-order chi connectivity index (χ1) is 19.0. The van der Waals surface area contributed by atoms with Crippen molar-refractivity contribution in [2.24, 2.45) is 0 Å². The Kier molecular flexibility index (Phi) is 6.81. The van der Waals surface area contributed by atoms with Crippen molar-refractivity contribution in [3.63, 3.8) is 0 Å². The smallest absolute Gasteiger partial charge is 0.133 e. The number of ether oxygens (including phenoxy) is 4. The molecule has 0 amide bonds. The lowest BCUT2D eigenvalue weighted by molar-refractivity contribution is 0.266. The van der Waals surface area contributed by atoms with E-state index in [1.54, 1.807) is 0 Å². The van der Waals surface area contributed by atoms with Gasteiger partial charge in [-0.15, -0.1) is 37.0 Å². The normalized spacial score (nSPS) is 19.8. The van der Waals surface area contributed by atoms with Gasteiger partial charge < -0.3 is 18.9 Å². The Morgan fingerprint density at radius 2 is 0.974 bits per heavy atom. The van der Waals surface area contributed by atoms with Gasteiger partial charge in [-0.1, -0.05) is 48.5 Å². The van der Waals surface area contributed by atoms with Crippen LogP contribution in [0.25, 0.3) is 11.1 Å². The summed E-state index contributed by atoms with van der Waals surface area (Å²) in [6, 6.07) is 26.6. The quantitative estimate of drug-likeness (QED) is 0.205. The first-order valence-electron chi connectivity index (χ1n) is 13.0. The maximum absolute atomic E-state index is 6.19. The second kappa shape index (κ2) is 10.2. The maximum Gasteiger partial charge on any atom is 0.133 e. The molecule has 1 aliphatic carbocycles. The third kappa shape index (κ3) is 4.55. The molecule has 8 heteroatoms. The van der Waals surface area contributed by atoms with Crippen LogP contribution in [0.15, 0.2) is 72.8 Å². The molecule has 0 aromatic heterocycles. The van der Waals surface area contributed by atoms with Crippen molar-refractivity contribution < 1.29 is 18.9 Å². The Balaban J connectivity index is 1.45. The van der Waals surface area contributed by atoms with Crippen LogP contribution in [0.1, 0.15) is 22.3 Å². The lowest BCUT2D eigenvalue weighted by atomic mass is 9.67. The standard InChI is InChI=1S/C31H30O4P4/c36-25-9-17(10-26(37)29(25)34-15-19-13-32-19)31(18-11-27(38)30(28(39)12-18)35-16-20-14-33-20)23-7-3-1-5-21(23)22-6-2-4-8-24(22)31/h1-12,19-20H,13-16,36-39H2. The molecule has 2 fully saturated rings. The number of epoxide rings is 2. The van der Waals surface area contributed by atoms with Crippen LogP contribution in [0, 0.1) is 0 Å². The monoisotopic (exact) mass is 590 g/mol. The van der Waals surface area contributed by atoms with Gasteiger partial charge in [0, 0.05) is 21.2 Å². The van der Waals surface area contributed by atoms with Crippen LogP contribution in [0.4, 0.5) is 0 Å². The lowest BCUT2D eigenvalue weighted by Gasteiger charge is -2.35. The summed E-state index contributed by atoms with van der Waals surface area (Å²) in [7, 11) is 11.6. The molecule has 3 aliphatic rings. The van der Waals surface area contributed by atoms with Gasteiger partial charge in [-0.2, -0.15) is 0 Å². The Morgan fingerprint density at radius 1 is 0.615 bits per heavy atom. The van der Waals surface area contributed by atoms with Gasteiger partial charge in [0.05, 0.1) is 18.6 Å². The number of hydrogen-bond donors (Lipinski definition) is 0. The van der Waals surface area contributed by atoms with E-state index in [1.165, 1.54) is 33.4 Å². The second-order valence-corrected chi connectivity index (χ2v) is 12.8. The van der Waals surface area contributed by atoms with Crippen molar-refractivity contribution in [1.82, 2.24) is 0 Å². The summed E-state index contributed by atoms with van der Waals surface area (Å²) in [4.78, 5) is 0. The summed E-state index contributed by atoms with van der Waals surface area (Å²) < 4.78 is 23.1. The Morgan fingerprint density at radius 3 is 1.33 bits per heavy atom. The lowest BCUT2D eigenvalue weighted by Crippen LogP contribution is -2.32. The van der Waals surface area contributed by atoms with E-state index in [1.807, 2.05) is 0 Å². The fourth-order valence-corrected chi connectivity index (χ4v) is 7.87. The molecular formula is C31H30O4P4. The molecule has 0 radical (unpaired) electrons. The van der Waals surface area contributed by atoms with Crippen molar-refractivity contribution in [3.8, 4) is 22.6 Å². The average Bonchev–Trinajstić information content (AvgIpc) is 3.86. The molecule has 4 aromatic rings. The van der Waals surface area contributed by atoms with E-state index in [2.05, 4.69) is 110 Å². The van der Waals surface area contributed by atoms with Crippen molar-refractivity contribution in [2.75, 3.05) is 26.4 Å². The molecule has 198 valence electrons. The fourth-order valence-electron chi connectivity index (χ4n) is 5.82. The van der Waals surface area contributed by atoms with E-state index in [-0.39, 0.29) is 12.2 Å². The first-order valence-corrected chi connectivity index (χ1v) is 15.3. The highest BCUT2D eigenvalue weighted by atomic mass is 31.0. The molecule has 0 bridgehead atoms. The van der Waals surface area contributed by atoms with Gasteiger partial charge in [0.15, 0.2) is 0 Å². The zero-order valence-electron chi connectivity index (χ0n) is 21.4. The molecule has 2 aliphatic heterocycles. The zero-order valence-corrected chi connectivity index (χ0v) is 26.0. The van der Waals surface area contributed by atoms with E-state index in [9.17, 15) is 0 Å². The molecule has 4 nitrogen and oxygen atoms in total. The average molecular weight is 590 g/mol. The maximum atomic E-state index is 6.19. The minimum absolute atomic E-state index is 0.201. The summed E-state index contributed by atoms with van der Waals surface area (Å²) in [5, 5.41) is 4.11. The highest BCUT2D eigenvalue weighted by molar-refractivity contribution is 7.30. The van der Waals surface area contributed by atoms with E-state index in [0.717, 1.165) is 45.9 Å². The SMILES string of the molecule is Pc1cc(C2(c3cc(P)c(OCC4CO4)c(P)c3)c3ccccc3-c3ccccc32)cc(P)c1OCC1CO1. The van der Waals surface area contributed by atoms with E-state index in [0.29, 0.717) is 13.2 Å². The fraction of sp³-hybridized carbons (Fsp3) is 0.226. The summed E-state index contributed by atoms with van der Waals surface area (Å²) in [6.45, 7) is 2.68. The topological polar surface area (TPSA) is 43.5 Å². The van der Waals surface area contributed by atoms with Crippen molar-refractivity contribution >= 4 is 58.2 Å². The molecule has 0 spiro atoms. The predicted octanol–water partition coefficient (Wildman–Crippen LogP) is 3.61. The van der Waals surface area contributed by atoms with Crippen LogP contribution in [-0.4, -0.2) is 38.6 Å². The summed E-state index contributed by atoms with van der Waals surface area (Å²) in [5.74, 6) is 1.76. The third-order valence-corrected chi connectivity index (χ3v) is 9.46. The van der Waals surface area contributed by atoms with Crippen LogP contribution in [0.5, 0.6) is 11.5 Å². The van der Waals surface area contributed by atoms with Crippen LogP contribution in [0.3, 0.4) is 0 Å². The van der Waals surface area contributed by atoms with Gasteiger partial charge in [-0.3, -0.25) is 0 Å². The van der Waals surface area contributed by atoms with E-state index in [4.69, 9.17) is 18.9 Å². The van der Waals surface area contributed by atoms with Gasteiger partial charge in [0.25, 0.3) is 0 Å². The summed E-state index contributed by atoms with van der Waals surface area (Å²) in [5.41, 5.74) is 6.94. The van der Waals surface area contributed by atoms with Crippen LogP contribution < -0.4 is 30.7 Å². The van der Waals surface area contributed by atoms with Crippen LogP contribution >= 0.6 is 37.0 Å². The first kappa shape index (κ1) is 26.0. The van der Waals surface area contributed by atoms with Crippen LogP contribution in [-0.2, 0) is 14.9 Å². The van der Waals surface area contributed by atoms with Crippen LogP contribution in [0.2, 0.25) is 0 Å². The molecule has 6 atom stereocenters. The second-order valence-electron chi connectivity index (χ2n) is 10.3. The molecule has 2 saturated heterocycles. The van der Waals surface area contributed by atoms with Gasteiger partial charge >= 0.3 is 0 Å². The minimum Gasteiger partial charge on any atom is -0.489 e. The zero-order chi connectivity index (χ0) is 26.7. The van der Waals surface area contributed by atoms with E-state index < -0.39 is 5.41 Å². The van der Waals surface area contributed by atoms with Gasteiger partial charge in [-0.05, 0) is 57.6 Å². The Bertz CT molecular complexity index is 1430. The predicted molar refractivity (Wildman–Crippen MR) is 172 cm³/mol. The molecule has 39 heavy (non-hydrogen) atoms. The Labute approximate surface area is 238 Å². The molecule has 2 heterocycles. The molecular weight excluding hydrogens is 560 g/mol. The minimum atomic E-state index is -0.517. The summed E-state index contributed by atoms with van der Waals surface area (Å²) in [6.07, 6.45) is 0.401. The highest BCUT2D eigenvalue weighted by Crippen LogP contribution is 2.56. The van der Waals surface area contributed by atoms with Gasteiger partial charge in [0.2, 0.25) is 0 Å². The van der Waals surface area contributed by atoms with E-state index >= 15 is 0 Å². The number of hydrogen-bond acceptors (Lipinski definition) is 4. The molecule has 0 saturated carbocycles. The largest absolute Gasteiger partial charge is 0.489 e. The number of fused-ring (bicyclic) bond motifs is 3. The third-order valence-electron chi connectivity index (χ3n) is 7.74. The number of rotatable bonds is 8. The van der Waals surface area contributed by atoms with Gasteiger partial charge in [-0.25, -0.2) is 0 Å². The highest BCUT2D eigenvalue weighted by Gasteiger charge is 2.46. The molecule has 4 aromatic carbocycles. The van der Waals surface area contributed by atoms with Crippen molar-refractivity contribution in [2.45, 2.75) is 17.6 Å². The molecule has 7 rings (SSSR count). The Hall–Kier alpha value is -1.88. The van der Waals surface area contributed by atoms with Crippen molar-refractivity contribution in [3.05, 3.63) is 95.1 Å². The number of benzene rings is 4. The van der Waals surface area contributed by atoms with Crippen molar-refractivity contribution in [1.29, 1.82) is 0 Å². The van der Waals surface area contributed by atoms with Gasteiger partial charge in [0.1, 0.15) is 36.9 Å². The summed E-state index contributed by atoms with van der Waals surface area (Å²) >= 11 is 0. The molecule has 0 N–H and O–H groups in total. The molecule has 6 unspecified atom stereocenters.